The second-order valence-electron chi connectivity index (χ2n) is 3.46. The van der Waals surface area contributed by atoms with Gasteiger partial charge in [-0.2, -0.15) is 0 Å². The van der Waals surface area contributed by atoms with Crippen LogP contribution in [0.5, 0.6) is 0 Å². The number of thioether (sulfide) groups is 1. The summed E-state index contributed by atoms with van der Waals surface area (Å²) in [7, 11) is 0. The van der Waals surface area contributed by atoms with Crippen molar-refractivity contribution in [3.05, 3.63) is 29.6 Å². The Bertz CT molecular complexity index is 339. The highest BCUT2D eigenvalue weighted by atomic mass is 32.2. The van der Waals surface area contributed by atoms with E-state index in [4.69, 9.17) is 4.74 Å². The predicted molar refractivity (Wildman–Crippen MR) is 59.7 cm³/mol. The summed E-state index contributed by atoms with van der Waals surface area (Å²) in [5, 5.41) is 3.26. The molecule has 1 heterocycles. The van der Waals surface area contributed by atoms with Gasteiger partial charge in [0.05, 0.1) is 12.7 Å². The van der Waals surface area contributed by atoms with Crippen LogP contribution in [0.2, 0.25) is 0 Å². The number of hydrogen-bond acceptors (Lipinski definition) is 3. The summed E-state index contributed by atoms with van der Waals surface area (Å²) in [6.07, 6.45) is 1.94. The second-order valence-corrected chi connectivity index (χ2v) is 4.31. The van der Waals surface area contributed by atoms with Gasteiger partial charge in [-0.15, -0.1) is 11.8 Å². The van der Waals surface area contributed by atoms with Crippen LogP contribution in [0.3, 0.4) is 0 Å². The lowest BCUT2D eigenvalue weighted by Crippen LogP contribution is -2.33. The summed E-state index contributed by atoms with van der Waals surface area (Å²) in [5.74, 6) is -0.157. The zero-order valence-corrected chi connectivity index (χ0v) is 9.44. The zero-order chi connectivity index (χ0) is 10.7. The lowest BCUT2D eigenvalue weighted by molar-refractivity contribution is 0.0275. The van der Waals surface area contributed by atoms with Crippen LogP contribution in [0.15, 0.2) is 23.1 Å². The average Bonchev–Trinajstić information content (AvgIpc) is 2.31. The third-order valence-electron chi connectivity index (χ3n) is 2.47. The second kappa shape index (κ2) is 4.96. The molecule has 0 spiro atoms. The molecule has 0 bridgehead atoms. The van der Waals surface area contributed by atoms with Crippen molar-refractivity contribution in [1.29, 1.82) is 0 Å². The minimum atomic E-state index is -0.157. The Labute approximate surface area is 93.2 Å². The third-order valence-corrected chi connectivity index (χ3v) is 3.23. The summed E-state index contributed by atoms with van der Waals surface area (Å²) >= 11 is 1.42. The molecule has 2 nitrogen and oxygen atoms in total. The van der Waals surface area contributed by atoms with Crippen LogP contribution in [-0.2, 0) is 4.74 Å². The van der Waals surface area contributed by atoms with Gasteiger partial charge in [-0.25, -0.2) is 4.39 Å². The SMILES string of the molecule is CSc1cc(C2CNCCO2)ccc1F. The number of ether oxygens (including phenoxy) is 1. The van der Waals surface area contributed by atoms with E-state index < -0.39 is 0 Å². The van der Waals surface area contributed by atoms with Crippen LogP contribution in [0, 0.1) is 5.82 Å². The van der Waals surface area contributed by atoms with Gasteiger partial charge < -0.3 is 10.1 Å². The monoisotopic (exact) mass is 227 g/mol. The molecule has 1 fully saturated rings. The van der Waals surface area contributed by atoms with Crippen LogP contribution < -0.4 is 5.32 Å². The van der Waals surface area contributed by atoms with Crippen LogP contribution >= 0.6 is 11.8 Å². The molecule has 0 radical (unpaired) electrons. The quantitative estimate of drug-likeness (QED) is 0.783. The average molecular weight is 227 g/mol. The number of morpholine rings is 1. The van der Waals surface area contributed by atoms with E-state index >= 15 is 0 Å². The van der Waals surface area contributed by atoms with Gasteiger partial charge in [-0.05, 0) is 24.0 Å². The Morgan fingerprint density at radius 2 is 2.40 bits per heavy atom. The zero-order valence-electron chi connectivity index (χ0n) is 8.63. The minimum absolute atomic E-state index is 0.0604. The van der Waals surface area contributed by atoms with Crippen LogP contribution in [0.25, 0.3) is 0 Å². The van der Waals surface area contributed by atoms with E-state index in [1.165, 1.54) is 17.8 Å². The van der Waals surface area contributed by atoms with Crippen molar-refractivity contribution in [3.8, 4) is 0 Å². The molecule has 82 valence electrons. The normalized spacial score (nSPS) is 21.6. The maximum absolute atomic E-state index is 13.3. The van der Waals surface area contributed by atoms with Gasteiger partial charge in [0.1, 0.15) is 5.82 Å². The highest BCUT2D eigenvalue weighted by Crippen LogP contribution is 2.25. The molecule has 4 heteroatoms. The molecular weight excluding hydrogens is 213 g/mol. The summed E-state index contributed by atoms with van der Waals surface area (Å²) in [6, 6.07) is 5.18. The fraction of sp³-hybridized carbons (Fsp3) is 0.455. The standard InChI is InChI=1S/C11H14FNOS/c1-15-11-6-8(2-3-9(11)12)10-7-13-4-5-14-10/h2-3,6,10,13H,4-5,7H2,1H3. The van der Waals surface area contributed by atoms with Gasteiger partial charge in [0, 0.05) is 18.0 Å². The van der Waals surface area contributed by atoms with Crippen molar-refractivity contribution >= 4 is 11.8 Å². The van der Waals surface area contributed by atoms with E-state index in [0.717, 1.165) is 25.3 Å². The predicted octanol–water partition coefficient (Wildman–Crippen LogP) is 2.21. The first-order valence-corrected chi connectivity index (χ1v) is 6.19. The van der Waals surface area contributed by atoms with E-state index in [1.807, 2.05) is 12.3 Å². The Morgan fingerprint density at radius 3 is 3.07 bits per heavy atom. The van der Waals surface area contributed by atoms with Crippen LogP contribution in [-0.4, -0.2) is 26.0 Å². The molecule has 15 heavy (non-hydrogen) atoms. The summed E-state index contributed by atoms with van der Waals surface area (Å²) in [4.78, 5) is 0.682. The first-order chi connectivity index (χ1) is 7.31. The van der Waals surface area contributed by atoms with Gasteiger partial charge in [0.25, 0.3) is 0 Å². The summed E-state index contributed by atoms with van der Waals surface area (Å²) in [6.45, 7) is 2.42. The van der Waals surface area contributed by atoms with E-state index in [-0.39, 0.29) is 11.9 Å². The van der Waals surface area contributed by atoms with Crippen molar-refractivity contribution in [1.82, 2.24) is 5.32 Å². The molecule has 1 aromatic rings. The van der Waals surface area contributed by atoms with Crippen LogP contribution in [0.4, 0.5) is 4.39 Å². The fourth-order valence-electron chi connectivity index (χ4n) is 1.66. The molecule has 0 aromatic heterocycles. The summed E-state index contributed by atoms with van der Waals surface area (Å²) < 4.78 is 18.9. The largest absolute Gasteiger partial charge is 0.371 e. The topological polar surface area (TPSA) is 21.3 Å². The van der Waals surface area contributed by atoms with Crippen LogP contribution in [0.1, 0.15) is 11.7 Å². The van der Waals surface area contributed by atoms with E-state index in [2.05, 4.69) is 5.32 Å². The van der Waals surface area contributed by atoms with Crippen molar-refractivity contribution in [2.45, 2.75) is 11.0 Å². The van der Waals surface area contributed by atoms with Crippen molar-refractivity contribution < 1.29 is 9.13 Å². The van der Waals surface area contributed by atoms with Gasteiger partial charge in [0.2, 0.25) is 0 Å². The maximum atomic E-state index is 13.3. The molecule has 1 aliphatic heterocycles. The van der Waals surface area contributed by atoms with Gasteiger partial charge >= 0.3 is 0 Å². The van der Waals surface area contributed by atoms with E-state index in [9.17, 15) is 4.39 Å². The Kier molecular flexibility index (Phi) is 3.61. The number of hydrogen-bond donors (Lipinski definition) is 1. The molecule has 0 saturated carbocycles. The molecule has 0 aliphatic carbocycles. The first-order valence-electron chi connectivity index (χ1n) is 4.97. The minimum Gasteiger partial charge on any atom is -0.371 e. The van der Waals surface area contributed by atoms with Crippen molar-refractivity contribution in [2.75, 3.05) is 26.0 Å². The first kappa shape index (κ1) is 10.9. The maximum Gasteiger partial charge on any atom is 0.136 e. The lowest BCUT2D eigenvalue weighted by atomic mass is 10.1. The molecule has 1 saturated heterocycles. The Morgan fingerprint density at radius 1 is 1.53 bits per heavy atom. The smallest absolute Gasteiger partial charge is 0.136 e. The number of halogens is 1. The highest BCUT2D eigenvalue weighted by molar-refractivity contribution is 7.98. The highest BCUT2D eigenvalue weighted by Gasteiger charge is 2.16. The molecule has 1 N–H and O–H groups in total. The number of nitrogens with one attached hydrogen (secondary N) is 1. The Balaban J connectivity index is 2.20. The van der Waals surface area contributed by atoms with E-state index in [1.54, 1.807) is 6.07 Å². The summed E-state index contributed by atoms with van der Waals surface area (Å²) in [5.41, 5.74) is 1.05. The fourth-order valence-corrected chi connectivity index (χ4v) is 2.17. The van der Waals surface area contributed by atoms with E-state index in [0.29, 0.717) is 4.90 Å². The molecule has 1 aromatic carbocycles. The molecule has 1 unspecified atom stereocenters. The lowest BCUT2D eigenvalue weighted by Gasteiger charge is -2.24. The van der Waals surface area contributed by atoms with Crippen molar-refractivity contribution in [2.24, 2.45) is 0 Å². The molecule has 2 rings (SSSR count). The molecule has 1 aliphatic rings. The van der Waals surface area contributed by atoms with Gasteiger partial charge in [-0.3, -0.25) is 0 Å². The number of benzene rings is 1. The number of rotatable bonds is 2. The molecular formula is C11H14FNOS. The Hall–Kier alpha value is -0.580. The third kappa shape index (κ3) is 2.51. The van der Waals surface area contributed by atoms with Gasteiger partial charge in [0.15, 0.2) is 0 Å². The van der Waals surface area contributed by atoms with Gasteiger partial charge in [-0.1, -0.05) is 6.07 Å². The molecule has 1 atom stereocenters. The molecule has 0 amide bonds. The van der Waals surface area contributed by atoms with Crippen molar-refractivity contribution in [3.63, 3.8) is 0 Å².